The Kier molecular flexibility index (Phi) is 5.87. The highest BCUT2D eigenvalue weighted by molar-refractivity contribution is 5.84. The lowest BCUT2D eigenvalue weighted by atomic mass is 10.00. The van der Waals surface area contributed by atoms with Crippen molar-refractivity contribution in [2.45, 2.75) is 0 Å². The maximum absolute atomic E-state index is 12.6. The minimum atomic E-state index is -0.181. The van der Waals surface area contributed by atoms with E-state index in [-0.39, 0.29) is 5.56 Å². The SMILES string of the molecule is Cn1nc(-c2ccccc2Oc2ccccc2)c(-c2ccnc(N3CCOCC3)c2)cc1=O. The van der Waals surface area contributed by atoms with E-state index in [4.69, 9.17) is 9.47 Å². The lowest BCUT2D eigenvalue weighted by molar-refractivity contribution is 0.122. The van der Waals surface area contributed by atoms with Crippen LogP contribution in [-0.4, -0.2) is 41.1 Å². The number of morpholine rings is 1. The van der Waals surface area contributed by atoms with Crippen LogP contribution in [0.25, 0.3) is 22.4 Å². The van der Waals surface area contributed by atoms with Crippen molar-refractivity contribution in [1.82, 2.24) is 14.8 Å². The molecule has 0 saturated carbocycles. The molecule has 4 aromatic rings. The molecule has 1 aliphatic heterocycles. The fourth-order valence-corrected chi connectivity index (χ4v) is 3.88. The van der Waals surface area contributed by atoms with Crippen molar-refractivity contribution >= 4 is 5.82 Å². The van der Waals surface area contributed by atoms with E-state index in [0.29, 0.717) is 24.7 Å². The molecule has 1 fully saturated rings. The van der Waals surface area contributed by atoms with Crippen LogP contribution in [0.3, 0.4) is 0 Å². The maximum atomic E-state index is 12.6. The van der Waals surface area contributed by atoms with Crippen molar-refractivity contribution in [3.05, 3.63) is 89.3 Å². The standard InChI is InChI=1S/C26H24N4O3/c1-29-25(31)18-22(19-11-12-27-24(17-19)30-13-15-32-16-14-30)26(28-29)21-9-5-6-10-23(21)33-20-7-3-2-4-8-20/h2-12,17-18H,13-16H2,1H3. The van der Waals surface area contributed by atoms with Crippen LogP contribution in [0, 0.1) is 0 Å². The molecule has 7 nitrogen and oxygen atoms in total. The summed E-state index contributed by atoms with van der Waals surface area (Å²) in [5, 5.41) is 4.63. The molecule has 1 saturated heterocycles. The summed E-state index contributed by atoms with van der Waals surface area (Å²) in [4.78, 5) is 19.3. The van der Waals surface area contributed by atoms with E-state index in [0.717, 1.165) is 41.3 Å². The second-order valence-corrected chi connectivity index (χ2v) is 7.78. The predicted octanol–water partition coefficient (Wildman–Crippen LogP) is 4.14. The van der Waals surface area contributed by atoms with Crippen LogP contribution < -0.4 is 15.2 Å². The Morgan fingerprint density at radius 3 is 2.48 bits per heavy atom. The Balaban J connectivity index is 1.61. The zero-order valence-electron chi connectivity index (χ0n) is 18.3. The summed E-state index contributed by atoms with van der Waals surface area (Å²) >= 11 is 0. The number of hydrogen-bond acceptors (Lipinski definition) is 6. The number of ether oxygens (including phenoxy) is 2. The van der Waals surface area contributed by atoms with E-state index in [1.165, 1.54) is 4.68 Å². The maximum Gasteiger partial charge on any atom is 0.267 e. The molecule has 0 amide bonds. The molecule has 0 bridgehead atoms. The van der Waals surface area contributed by atoms with Gasteiger partial charge in [-0.15, -0.1) is 0 Å². The molecule has 0 aliphatic carbocycles. The van der Waals surface area contributed by atoms with Gasteiger partial charge in [0.25, 0.3) is 5.56 Å². The lowest BCUT2D eigenvalue weighted by Gasteiger charge is -2.28. The van der Waals surface area contributed by atoms with Gasteiger partial charge in [0.05, 0.1) is 13.2 Å². The van der Waals surface area contributed by atoms with Crippen LogP contribution in [0.15, 0.2) is 83.8 Å². The van der Waals surface area contributed by atoms with Gasteiger partial charge in [0.15, 0.2) is 0 Å². The lowest BCUT2D eigenvalue weighted by Crippen LogP contribution is -2.36. The third kappa shape index (κ3) is 4.49. The van der Waals surface area contributed by atoms with E-state index in [2.05, 4.69) is 15.0 Å². The molecular weight excluding hydrogens is 416 g/mol. The number of benzene rings is 2. The summed E-state index contributed by atoms with van der Waals surface area (Å²) in [6.07, 6.45) is 1.77. The Morgan fingerprint density at radius 2 is 1.67 bits per heavy atom. The number of pyridine rings is 1. The van der Waals surface area contributed by atoms with E-state index in [1.807, 2.05) is 66.7 Å². The molecule has 0 N–H and O–H groups in total. The second-order valence-electron chi connectivity index (χ2n) is 7.78. The number of rotatable bonds is 5. The van der Waals surface area contributed by atoms with E-state index >= 15 is 0 Å². The first kappa shape index (κ1) is 20.9. The molecule has 0 radical (unpaired) electrons. The van der Waals surface area contributed by atoms with Crippen LogP contribution >= 0.6 is 0 Å². The summed E-state index contributed by atoms with van der Waals surface area (Å²) in [7, 11) is 1.65. The largest absolute Gasteiger partial charge is 0.457 e. The van der Waals surface area contributed by atoms with Gasteiger partial charge in [0, 0.05) is 43.5 Å². The van der Waals surface area contributed by atoms with Crippen molar-refractivity contribution in [3.8, 4) is 33.9 Å². The highest BCUT2D eigenvalue weighted by atomic mass is 16.5. The van der Waals surface area contributed by atoms with Crippen molar-refractivity contribution in [1.29, 1.82) is 0 Å². The van der Waals surface area contributed by atoms with Gasteiger partial charge in [0.1, 0.15) is 23.0 Å². The highest BCUT2D eigenvalue weighted by Gasteiger charge is 2.18. The number of anilines is 1. The molecule has 0 atom stereocenters. The molecule has 2 aromatic heterocycles. The van der Waals surface area contributed by atoms with Crippen molar-refractivity contribution in [3.63, 3.8) is 0 Å². The summed E-state index contributed by atoms with van der Waals surface area (Å²) in [5.41, 5.74) is 2.90. The molecule has 33 heavy (non-hydrogen) atoms. The van der Waals surface area contributed by atoms with Gasteiger partial charge in [-0.05, 0) is 42.0 Å². The highest BCUT2D eigenvalue weighted by Crippen LogP contribution is 2.37. The monoisotopic (exact) mass is 440 g/mol. The van der Waals surface area contributed by atoms with E-state index in [9.17, 15) is 4.79 Å². The van der Waals surface area contributed by atoms with Crippen LogP contribution in [0.4, 0.5) is 5.82 Å². The second kappa shape index (κ2) is 9.26. The number of aryl methyl sites for hydroxylation is 1. The Hall–Kier alpha value is -3.97. The summed E-state index contributed by atoms with van der Waals surface area (Å²) in [6.45, 7) is 2.92. The summed E-state index contributed by atoms with van der Waals surface area (Å²) in [5.74, 6) is 2.25. The van der Waals surface area contributed by atoms with E-state index in [1.54, 1.807) is 19.3 Å². The van der Waals surface area contributed by atoms with E-state index < -0.39 is 0 Å². The Bertz CT molecular complexity index is 1310. The van der Waals surface area contributed by atoms with Crippen LogP contribution in [0.1, 0.15) is 0 Å². The number of aromatic nitrogens is 3. The predicted molar refractivity (Wildman–Crippen MR) is 128 cm³/mol. The number of nitrogens with zero attached hydrogens (tertiary/aromatic N) is 4. The number of para-hydroxylation sites is 2. The molecular formula is C26H24N4O3. The minimum absolute atomic E-state index is 0.181. The van der Waals surface area contributed by atoms with Gasteiger partial charge >= 0.3 is 0 Å². The molecule has 1 aliphatic rings. The van der Waals surface area contributed by atoms with Gasteiger partial charge in [0.2, 0.25) is 0 Å². The first-order valence-corrected chi connectivity index (χ1v) is 10.9. The average molecular weight is 441 g/mol. The molecule has 0 unspecified atom stereocenters. The minimum Gasteiger partial charge on any atom is -0.457 e. The third-order valence-corrected chi connectivity index (χ3v) is 5.60. The first-order chi connectivity index (χ1) is 16.2. The molecule has 3 heterocycles. The van der Waals surface area contributed by atoms with Crippen molar-refractivity contribution in [2.24, 2.45) is 7.05 Å². The van der Waals surface area contributed by atoms with Crippen molar-refractivity contribution in [2.75, 3.05) is 31.2 Å². The first-order valence-electron chi connectivity index (χ1n) is 10.9. The number of hydrogen-bond donors (Lipinski definition) is 0. The van der Waals surface area contributed by atoms with Crippen LogP contribution in [-0.2, 0) is 11.8 Å². The summed E-state index contributed by atoms with van der Waals surface area (Å²) < 4.78 is 13.0. The van der Waals surface area contributed by atoms with Gasteiger partial charge < -0.3 is 14.4 Å². The quantitative estimate of drug-likeness (QED) is 0.465. The zero-order valence-corrected chi connectivity index (χ0v) is 18.3. The van der Waals surface area contributed by atoms with Crippen molar-refractivity contribution < 1.29 is 9.47 Å². The molecule has 5 rings (SSSR count). The Morgan fingerprint density at radius 1 is 0.909 bits per heavy atom. The third-order valence-electron chi connectivity index (χ3n) is 5.60. The summed E-state index contributed by atoms with van der Waals surface area (Å²) in [6, 6.07) is 22.9. The van der Waals surface area contributed by atoms with Gasteiger partial charge in [-0.3, -0.25) is 4.79 Å². The normalized spacial score (nSPS) is 13.7. The average Bonchev–Trinajstić information content (AvgIpc) is 2.87. The zero-order chi connectivity index (χ0) is 22.6. The molecule has 7 heteroatoms. The topological polar surface area (TPSA) is 69.5 Å². The smallest absolute Gasteiger partial charge is 0.267 e. The fourth-order valence-electron chi connectivity index (χ4n) is 3.88. The van der Waals surface area contributed by atoms with Gasteiger partial charge in [-0.25, -0.2) is 9.67 Å². The fraction of sp³-hybridized carbons (Fsp3) is 0.192. The van der Waals surface area contributed by atoms with Gasteiger partial charge in [-0.1, -0.05) is 30.3 Å². The molecule has 2 aromatic carbocycles. The van der Waals surface area contributed by atoms with Crippen LogP contribution in [0.2, 0.25) is 0 Å². The van der Waals surface area contributed by atoms with Gasteiger partial charge in [-0.2, -0.15) is 5.10 Å². The van der Waals surface area contributed by atoms with Crippen LogP contribution in [0.5, 0.6) is 11.5 Å². The molecule has 0 spiro atoms. The molecule has 166 valence electrons. The Labute approximate surface area is 191 Å².